The summed E-state index contributed by atoms with van der Waals surface area (Å²) in [6, 6.07) is 12.4. The van der Waals surface area contributed by atoms with Gasteiger partial charge in [0.15, 0.2) is 5.82 Å². The molecule has 4 rings (SSSR count). The summed E-state index contributed by atoms with van der Waals surface area (Å²) in [6.45, 7) is 2.64. The van der Waals surface area contributed by atoms with E-state index in [1.165, 1.54) is 17.7 Å². The number of Topliss-reactive ketones (excluding diaryl/α,β-unsaturated/α-hetero) is 1. The van der Waals surface area contributed by atoms with Crippen molar-refractivity contribution >= 4 is 33.4 Å². The van der Waals surface area contributed by atoms with Gasteiger partial charge < -0.3 is 10.5 Å². The summed E-state index contributed by atoms with van der Waals surface area (Å²) < 4.78 is 32.2. The van der Waals surface area contributed by atoms with Crippen molar-refractivity contribution in [2.75, 3.05) is 12.8 Å². The standard InChI is InChI=1S/C25H23F2N3O2/c1-14-10-18(32-3)8-6-16(14)5-4-15-11-20-19-9-7-17(23(31)25(2,26)27)12-21(19)30-24(28)22(20)29-13-15/h6-13H,4-5H2,1-3H3,(H2,28,30). The first-order chi connectivity index (χ1) is 15.2. The zero-order chi connectivity index (χ0) is 23.0. The van der Waals surface area contributed by atoms with Crippen LogP contribution in [0.3, 0.4) is 0 Å². The number of hydrogen-bond acceptors (Lipinski definition) is 5. The molecule has 0 saturated heterocycles. The number of anilines is 1. The van der Waals surface area contributed by atoms with E-state index >= 15 is 0 Å². The van der Waals surface area contributed by atoms with E-state index < -0.39 is 11.7 Å². The first-order valence-electron chi connectivity index (χ1n) is 10.2. The van der Waals surface area contributed by atoms with Gasteiger partial charge in [0.1, 0.15) is 11.3 Å². The summed E-state index contributed by atoms with van der Waals surface area (Å²) in [5.74, 6) is -3.68. The number of ketones is 1. The van der Waals surface area contributed by atoms with Crippen molar-refractivity contribution in [2.24, 2.45) is 0 Å². The number of aromatic nitrogens is 2. The van der Waals surface area contributed by atoms with Gasteiger partial charge in [0, 0.05) is 29.5 Å². The lowest BCUT2D eigenvalue weighted by molar-refractivity contribution is 0.0222. The second kappa shape index (κ2) is 8.15. The Hall–Kier alpha value is -3.61. The smallest absolute Gasteiger partial charge is 0.307 e. The Morgan fingerprint density at radius 1 is 1.09 bits per heavy atom. The van der Waals surface area contributed by atoms with Crippen LogP contribution in [0, 0.1) is 6.92 Å². The van der Waals surface area contributed by atoms with Gasteiger partial charge in [0.2, 0.25) is 5.78 Å². The molecule has 164 valence electrons. The van der Waals surface area contributed by atoms with Crippen molar-refractivity contribution in [1.82, 2.24) is 9.97 Å². The van der Waals surface area contributed by atoms with Crippen LogP contribution in [0.1, 0.15) is 34.0 Å². The highest BCUT2D eigenvalue weighted by atomic mass is 19.3. The lowest BCUT2D eigenvalue weighted by atomic mass is 9.99. The lowest BCUT2D eigenvalue weighted by Crippen LogP contribution is -2.24. The number of benzene rings is 2. The molecule has 2 aromatic heterocycles. The van der Waals surface area contributed by atoms with E-state index in [2.05, 4.69) is 23.0 Å². The van der Waals surface area contributed by atoms with Crippen molar-refractivity contribution in [2.45, 2.75) is 32.6 Å². The number of methoxy groups -OCH3 is 1. The van der Waals surface area contributed by atoms with Crippen molar-refractivity contribution < 1.29 is 18.3 Å². The van der Waals surface area contributed by atoms with Crippen LogP contribution >= 0.6 is 0 Å². The van der Waals surface area contributed by atoms with E-state index in [0.29, 0.717) is 23.3 Å². The zero-order valence-corrected chi connectivity index (χ0v) is 18.1. The molecule has 0 radical (unpaired) electrons. The van der Waals surface area contributed by atoms with E-state index in [-0.39, 0.29) is 11.4 Å². The van der Waals surface area contributed by atoms with E-state index in [0.717, 1.165) is 35.1 Å². The van der Waals surface area contributed by atoms with Gasteiger partial charge >= 0.3 is 5.92 Å². The molecule has 0 aliphatic heterocycles. The minimum absolute atomic E-state index is 0.102. The molecule has 0 bridgehead atoms. The first kappa shape index (κ1) is 21.6. The molecular weight excluding hydrogens is 412 g/mol. The number of nitrogen functional groups attached to an aromatic ring is 1. The molecule has 4 aromatic rings. The molecule has 2 heterocycles. The molecule has 32 heavy (non-hydrogen) atoms. The van der Waals surface area contributed by atoms with Crippen molar-refractivity contribution in [3.05, 3.63) is 70.9 Å². The highest BCUT2D eigenvalue weighted by Gasteiger charge is 2.33. The molecule has 5 nitrogen and oxygen atoms in total. The molecule has 2 N–H and O–H groups in total. The Balaban J connectivity index is 1.70. The number of fused-ring (bicyclic) bond motifs is 3. The molecule has 7 heteroatoms. The Morgan fingerprint density at radius 2 is 1.88 bits per heavy atom. The number of halogens is 2. The number of rotatable bonds is 6. The third-order valence-corrected chi connectivity index (χ3v) is 5.61. The molecule has 0 amide bonds. The third-order valence-electron chi connectivity index (χ3n) is 5.61. The lowest BCUT2D eigenvalue weighted by Gasteiger charge is -2.12. The topological polar surface area (TPSA) is 78.1 Å². The largest absolute Gasteiger partial charge is 0.497 e. The van der Waals surface area contributed by atoms with Gasteiger partial charge in [-0.3, -0.25) is 9.78 Å². The number of nitrogens with two attached hydrogens (primary N) is 1. The van der Waals surface area contributed by atoms with Gasteiger partial charge in [-0.15, -0.1) is 0 Å². The number of nitrogens with zero attached hydrogens (tertiary/aromatic N) is 2. The molecule has 0 spiro atoms. The van der Waals surface area contributed by atoms with Crippen molar-refractivity contribution in [3.8, 4) is 5.75 Å². The fraction of sp³-hybridized carbons (Fsp3) is 0.240. The van der Waals surface area contributed by atoms with Crippen LogP contribution in [0.5, 0.6) is 5.75 Å². The minimum atomic E-state index is -3.45. The van der Waals surface area contributed by atoms with Gasteiger partial charge in [-0.25, -0.2) is 4.98 Å². The third kappa shape index (κ3) is 4.10. The summed E-state index contributed by atoms with van der Waals surface area (Å²) in [7, 11) is 1.65. The van der Waals surface area contributed by atoms with E-state index in [1.54, 1.807) is 19.4 Å². The Morgan fingerprint density at radius 3 is 2.56 bits per heavy atom. The van der Waals surface area contributed by atoms with Crippen LogP contribution in [0.4, 0.5) is 14.6 Å². The van der Waals surface area contributed by atoms with E-state index in [4.69, 9.17) is 10.5 Å². The van der Waals surface area contributed by atoms with Gasteiger partial charge in [-0.2, -0.15) is 8.78 Å². The number of carbonyl (C=O) groups excluding carboxylic acids is 1. The fourth-order valence-electron chi connectivity index (χ4n) is 3.84. The molecule has 0 saturated carbocycles. The molecule has 0 aliphatic carbocycles. The van der Waals surface area contributed by atoms with Crippen molar-refractivity contribution in [1.29, 1.82) is 0 Å². The van der Waals surface area contributed by atoms with Crippen LogP contribution in [0.2, 0.25) is 0 Å². The molecular formula is C25H23F2N3O2. The highest BCUT2D eigenvalue weighted by molar-refractivity contribution is 6.11. The number of hydrogen-bond donors (Lipinski definition) is 1. The average Bonchev–Trinajstić information content (AvgIpc) is 2.76. The van der Waals surface area contributed by atoms with Crippen molar-refractivity contribution in [3.63, 3.8) is 0 Å². The summed E-state index contributed by atoms with van der Waals surface area (Å²) in [6.07, 6.45) is 3.37. The van der Waals surface area contributed by atoms with Gasteiger partial charge in [-0.05, 0) is 60.7 Å². The summed E-state index contributed by atoms with van der Waals surface area (Å²) >= 11 is 0. The molecule has 0 atom stereocenters. The van der Waals surface area contributed by atoms with Crippen LogP contribution in [0.25, 0.3) is 21.8 Å². The van der Waals surface area contributed by atoms with Crippen LogP contribution in [0.15, 0.2) is 48.7 Å². The second-order valence-electron chi connectivity index (χ2n) is 7.98. The first-order valence-corrected chi connectivity index (χ1v) is 10.2. The molecule has 2 aromatic carbocycles. The number of ether oxygens (including phenoxy) is 1. The summed E-state index contributed by atoms with van der Waals surface area (Å²) in [5.41, 5.74) is 10.3. The Kier molecular flexibility index (Phi) is 5.50. The maximum atomic E-state index is 13.5. The molecule has 0 aliphatic rings. The minimum Gasteiger partial charge on any atom is -0.497 e. The van der Waals surface area contributed by atoms with E-state index in [9.17, 15) is 13.6 Å². The number of alkyl halides is 2. The number of pyridine rings is 2. The monoisotopic (exact) mass is 435 g/mol. The predicted molar refractivity (Wildman–Crippen MR) is 122 cm³/mol. The fourth-order valence-corrected chi connectivity index (χ4v) is 3.84. The molecule has 0 fully saturated rings. The highest BCUT2D eigenvalue weighted by Crippen LogP contribution is 2.30. The van der Waals surface area contributed by atoms with Crippen LogP contribution in [-0.2, 0) is 12.8 Å². The summed E-state index contributed by atoms with van der Waals surface area (Å²) in [4.78, 5) is 20.8. The Labute approximate surface area is 184 Å². The predicted octanol–water partition coefficient (Wildman–Crippen LogP) is 5.31. The SMILES string of the molecule is COc1ccc(CCc2cnc3c(N)nc4cc(C(=O)C(C)(F)F)ccc4c3c2)c(C)c1. The van der Waals surface area contributed by atoms with Gasteiger partial charge in [-0.1, -0.05) is 18.2 Å². The quantitative estimate of drug-likeness (QED) is 0.328. The van der Waals surface area contributed by atoms with Gasteiger partial charge in [0.25, 0.3) is 0 Å². The van der Waals surface area contributed by atoms with Crippen LogP contribution < -0.4 is 10.5 Å². The maximum Gasteiger partial charge on any atom is 0.307 e. The zero-order valence-electron chi connectivity index (χ0n) is 18.1. The average molecular weight is 435 g/mol. The van der Waals surface area contributed by atoms with Gasteiger partial charge in [0.05, 0.1) is 12.6 Å². The molecule has 0 unspecified atom stereocenters. The maximum absolute atomic E-state index is 13.5. The normalized spacial score (nSPS) is 11.8. The number of aryl methyl sites for hydroxylation is 3. The van der Waals surface area contributed by atoms with E-state index in [1.807, 2.05) is 18.2 Å². The Bertz CT molecular complexity index is 1350. The number of carbonyl (C=O) groups is 1. The summed E-state index contributed by atoms with van der Waals surface area (Å²) in [5, 5.41) is 1.49. The van der Waals surface area contributed by atoms with Crippen LogP contribution in [-0.4, -0.2) is 28.8 Å². The second-order valence-corrected chi connectivity index (χ2v) is 7.98.